The van der Waals surface area contributed by atoms with Crippen LogP contribution in [0, 0.1) is 5.92 Å². The third kappa shape index (κ3) is 7.66. The first kappa shape index (κ1) is 30.1. The van der Waals surface area contributed by atoms with E-state index in [4.69, 9.17) is 15.2 Å². The van der Waals surface area contributed by atoms with Gasteiger partial charge in [0.2, 0.25) is 5.91 Å². The minimum atomic E-state index is -0.755. The maximum Gasteiger partial charge on any atom is 0.426 e. The van der Waals surface area contributed by atoms with Crippen LogP contribution in [0.5, 0.6) is 0 Å². The predicted octanol–water partition coefficient (Wildman–Crippen LogP) is 3.96. The molecular weight excluding hydrogens is 534 g/mol. The Morgan fingerprint density at radius 3 is 2.19 bits per heavy atom. The average molecular weight is 572 g/mol. The van der Waals surface area contributed by atoms with Crippen molar-refractivity contribution in [3.63, 3.8) is 0 Å². The van der Waals surface area contributed by atoms with E-state index in [1.807, 2.05) is 66.7 Å². The lowest BCUT2D eigenvalue weighted by Crippen LogP contribution is -2.47. The minimum absolute atomic E-state index is 0.100. The molecular formula is C32H37N5O5. The van der Waals surface area contributed by atoms with Crippen molar-refractivity contribution >= 4 is 23.9 Å². The van der Waals surface area contributed by atoms with Crippen molar-refractivity contribution in [2.45, 2.75) is 31.7 Å². The molecule has 1 atom stereocenters. The van der Waals surface area contributed by atoms with Crippen LogP contribution in [0.4, 0.5) is 4.79 Å². The summed E-state index contributed by atoms with van der Waals surface area (Å²) in [6, 6.07) is 25.4. The first-order chi connectivity index (χ1) is 20.4. The van der Waals surface area contributed by atoms with Gasteiger partial charge in [0.15, 0.2) is 5.96 Å². The monoisotopic (exact) mass is 571 g/mol. The number of guanidine groups is 1. The van der Waals surface area contributed by atoms with Gasteiger partial charge < -0.3 is 20.5 Å². The second-order valence-electron chi connectivity index (χ2n) is 10.0. The molecule has 0 aliphatic heterocycles. The maximum absolute atomic E-state index is 13.5. The Hall–Kier alpha value is -4.86. The normalized spacial score (nSPS) is 13.0. The summed E-state index contributed by atoms with van der Waals surface area (Å²) in [5.74, 6) is -1.47. The third-order valence-corrected chi connectivity index (χ3v) is 7.29. The zero-order valence-electron chi connectivity index (χ0n) is 23.9. The third-order valence-electron chi connectivity index (χ3n) is 7.29. The number of hydrogen-bond donors (Lipinski definition) is 3. The molecule has 0 bridgehead atoms. The summed E-state index contributed by atoms with van der Waals surface area (Å²) >= 11 is 0. The fourth-order valence-corrected chi connectivity index (χ4v) is 5.13. The van der Waals surface area contributed by atoms with Crippen LogP contribution < -0.4 is 16.5 Å². The Balaban J connectivity index is 1.43. The Bertz CT molecular complexity index is 1370. The molecule has 0 saturated carbocycles. The number of amides is 2. The van der Waals surface area contributed by atoms with E-state index in [1.54, 1.807) is 7.05 Å². The molecule has 1 aliphatic rings. The van der Waals surface area contributed by atoms with Gasteiger partial charge >= 0.3 is 12.1 Å². The molecule has 3 aromatic carbocycles. The summed E-state index contributed by atoms with van der Waals surface area (Å²) in [7, 11) is 2.86. The number of carbonyl (C=O) groups excluding carboxylic acids is 3. The molecule has 0 aromatic heterocycles. The molecule has 1 aliphatic carbocycles. The summed E-state index contributed by atoms with van der Waals surface area (Å²) in [5, 5.41) is 4.13. The Morgan fingerprint density at radius 1 is 0.952 bits per heavy atom. The number of fused-ring (bicyclic) bond motifs is 3. The van der Waals surface area contributed by atoms with E-state index in [9.17, 15) is 14.4 Å². The SMILES string of the molecule is CN=C(N)NCCC[C@@H](CC(=O)N(Cc1ccccc1)NC(=O)OCC1c2ccccc2-c2ccccc21)C(=O)OC. The number of rotatable bonds is 11. The van der Waals surface area contributed by atoms with Crippen molar-refractivity contribution in [1.29, 1.82) is 0 Å². The highest BCUT2D eigenvalue weighted by atomic mass is 16.6. The molecule has 0 fully saturated rings. The maximum atomic E-state index is 13.5. The van der Waals surface area contributed by atoms with Gasteiger partial charge in [0, 0.05) is 25.9 Å². The molecule has 220 valence electrons. The van der Waals surface area contributed by atoms with E-state index in [-0.39, 0.29) is 25.5 Å². The number of esters is 1. The van der Waals surface area contributed by atoms with Crippen LogP contribution in [-0.2, 0) is 25.6 Å². The van der Waals surface area contributed by atoms with Gasteiger partial charge in [-0.25, -0.2) is 15.2 Å². The van der Waals surface area contributed by atoms with Gasteiger partial charge in [-0.15, -0.1) is 0 Å². The zero-order valence-corrected chi connectivity index (χ0v) is 23.9. The van der Waals surface area contributed by atoms with Gasteiger partial charge in [0.1, 0.15) is 6.61 Å². The van der Waals surface area contributed by atoms with Gasteiger partial charge in [-0.05, 0) is 40.7 Å². The molecule has 4 N–H and O–H groups in total. The molecule has 10 nitrogen and oxygen atoms in total. The number of carbonyl (C=O) groups is 3. The van der Waals surface area contributed by atoms with E-state index < -0.39 is 23.9 Å². The molecule has 0 heterocycles. The lowest BCUT2D eigenvalue weighted by atomic mass is 9.98. The van der Waals surface area contributed by atoms with Crippen molar-refractivity contribution in [3.05, 3.63) is 95.6 Å². The van der Waals surface area contributed by atoms with Gasteiger partial charge in [0.05, 0.1) is 19.6 Å². The van der Waals surface area contributed by atoms with Crippen LogP contribution in [0.1, 0.15) is 41.9 Å². The lowest BCUT2D eigenvalue weighted by Gasteiger charge is -2.25. The largest absolute Gasteiger partial charge is 0.469 e. The van der Waals surface area contributed by atoms with Crippen LogP contribution in [0.3, 0.4) is 0 Å². The molecule has 10 heteroatoms. The van der Waals surface area contributed by atoms with E-state index in [1.165, 1.54) is 12.1 Å². The number of hydrogen-bond acceptors (Lipinski definition) is 6. The van der Waals surface area contributed by atoms with Gasteiger partial charge in [-0.3, -0.25) is 14.6 Å². The number of nitrogens with one attached hydrogen (secondary N) is 2. The number of hydrazine groups is 1. The quantitative estimate of drug-likeness (QED) is 0.104. The van der Waals surface area contributed by atoms with Crippen molar-refractivity contribution in [1.82, 2.24) is 15.8 Å². The summed E-state index contributed by atoms with van der Waals surface area (Å²) in [5.41, 5.74) is 13.5. The summed E-state index contributed by atoms with van der Waals surface area (Å²) in [6.45, 7) is 0.689. The number of nitrogens with two attached hydrogens (primary N) is 1. The molecule has 0 unspecified atom stereocenters. The fourth-order valence-electron chi connectivity index (χ4n) is 5.13. The first-order valence-corrected chi connectivity index (χ1v) is 13.9. The van der Waals surface area contributed by atoms with E-state index in [0.717, 1.165) is 27.8 Å². The molecule has 4 rings (SSSR count). The number of ether oxygens (including phenoxy) is 2. The zero-order chi connectivity index (χ0) is 29.9. The number of nitrogens with zero attached hydrogens (tertiary/aromatic N) is 2. The van der Waals surface area contributed by atoms with Gasteiger partial charge in [0.25, 0.3) is 0 Å². The van der Waals surface area contributed by atoms with Crippen molar-refractivity contribution in [2.24, 2.45) is 16.6 Å². The van der Waals surface area contributed by atoms with Crippen molar-refractivity contribution in [2.75, 3.05) is 27.3 Å². The van der Waals surface area contributed by atoms with Crippen LogP contribution in [-0.4, -0.2) is 56.2 Å². The van der Waals surface area contributed by atoms with Crippen molar-refractivity contribution in [3.8, 4) is 11.1 Å². The second kappa shape index (κ2) is 14.7. The molecule has 42 heavy (non-hydrogen) atoms. The average Bonchev–Trinajstić information content (AvgIpc) is 3.34. The highest BCUT2D eigenvalue weighted by Crippen LogP contribution is 2.44. The van der Waals surface area contributed by atoms with E-state index in [0.29, 0.717) is 25.3 Å². The molecule has 0 spiro atoms. The highest BCUT2D eigenvalue weighted by molar-refractivity contribution is 5.84. The molecule has 0 saturated heterocycles. The molecule has 3 aromatic rings. The summed E-state index contributed by atoms with van der Waals surface area (Å²) in [6.07, 6.45) is 0.0312. The second-order valence-corrected chi connectivity index (χ2v) is 10.0. The van der Waals surface area contributed by atoms with Crippen LogP contribution in [0.25, 0.3) is 11.1 Å². The Labute approximate surface area is 245 Å². The van der Waals surface area contributed by atoms with E-state index in [2.05, 4.69) is 27.9 Å². The Kier molecular flexibility index (Phi) is 10.5. The fraction of sp³-hybridized carbons (Fsp3) is 0.312. The highest BCUT2D eigenvalue weighted by Gasteiger charge is 2.30. The van der Waals surface area contributed by atoms with Crippen LogP contribution >= 0.6 is 0 Å². The summed E-state index contributed by atoms with van der Waals surface area (Å²) < 4.78 is 10.6. The first-order valence-electron chi connectivity index (χ1n) is 13.9. The number of benzene rings is 3. The van der Waals surface area contributed by atoms with Gasteiger partial charge in [-0.1, -0.05) is 78.9 Å². The number of aliphatic imine (C=N–C) groups is 1. The number of methoxy groups -OCH3 is 1. The smallest absolute Gasteiger partial charge is 0.426 e. The molecule has 2 amide bonds. The predicted molar refractivity (Wildman–Crippen MR) is 160 cm³/mol. The van der Waals surface area contributed by atoms with Crippen molar-refractivity contribution < 1.29 is 23.9 Å². The van der Waals surface area contributed by atoms with Crippen LogP contribution in [0.15, 0.2) is 83.9 Å². The minimum Gasteiger partial charge on any atom is -0.469 e. The topological polar surface area (TPSA) is 135 Å². The molecule has 0 radical (unpaired) electrons. The Morgan fingerprint density at radius 2 is 1.57 bits per heavy atom. The lowest BCUT2D eigenvalue weighted by molar-refractivity contribution is -0.150. The van der Waals surface area contributed by atoms with Gasteiger partial charge in [-0.2, -0.15) is 0 Å². The standard InChI is InChI=1S/C32H37N5O5/c1-34-31(33)35-18-10-13-23(30(39)41-2)19-29(38)37(20-22-11-4-3-5-12-22)36-32(40)42-21-28-26-16-8-6-14-24(26)25-15-7-9-17-27(25)28/h3-9,11-12,14-17,23,28H,10,13,18-21H2,1-2H3,(H,36,40)(H3,33,34,35)/t23-/m0/s1. The summed E-state index contributed by atoms with van der Waals surface area (Å²) in [4.78, 5) is 42.9. The van der Waals surface area contributed by atoms with E-state index >= 15 is 0 Å². The van der Waals surface area contributed by atoms with Crippen LogP contribution in [0.2, 0.25) is 0 Å².